The first kappa shape index (κ1) is 13.4. The summed E-state index contributed by atoms with van der Waals surface area (Å²) in [6.45, 7) is 2.88. The summed E-state index contributed by atoms with van der Waals surface area (Å²) in [5, 5.41) is 2.99. The first-order chi connectivity index (χ1) is 8.68. The van der Waals surface area contributed by atoms with Gasteiger partial charge < -0.3 is 10.2 Å². The van der Waals surface area contributed by atoms with Crippen molar-refractivity contribution in [2.45, 2.75) is 57.9 Å². The molecule has 2 fully saturated rings. The highest BCUT2D eigenvalue weighted by molar-refractivity contribution is 5.78. The first-order valence-corrected chi connectivity index (χ1v) is 7.23. The van der Waals surface area contributed by atoms with Gasteiger partial charge in [-0.25, -0.2) is 0 Å². The Morgan fingerprint density at radius 2 is 1.78 bits per heavy atom. The van der Waals surface area contributed by atoms with Crippen LogP contribution in [0.15, 0.2) is 0 Å². The third kappa shape index (κ3) is 3.72. The fourth-order valence-corrected chi connectivity index (χ4v) is 2.79. The summed E-state index contributed by atoms with van der Waals surface area (Å²) in [6, 6.07) is 0.439. The summed E-state index contributed by atoms with van der Waals surface area (Å²) in [5.74, 6) is 0.531. The van der Waals surface area contributed by atoms with Crippen molar-refractivity contribution in [3.05, 3.63) is 0 Å². The molecule has 0 atom stereocenters. The zero-order chi connectivity index (χ0) is 13.0. The minimum absolute atomic E-state index is 0.129. The molecule has 0 aromatic carbocycles. The van der Waals surface area contributed by atoms with Gasteiger partial charge in [-0.3, -0.25) is 9.59 Å². The maximum absolute atomic E-state index is 11.9. The molecule has 18 heavy (non-hydrogen) atoms. The zero-order valence-corrected chi connectivity index (χ0v) is 11.3. The van der Waals surface area contributed by atoms with Crippen molar-refractivity contribution in [2.24, 2.45) is 5.92 Å². The quantitative estimate of drug-likeness (QED) is 0.809. The van der Waals surface area contributed by atoms with Crippen molar-refractivity contribution in [2.75, 3.05) is 13.1 Å². The molecule has 0 saturated heterocycles. The van der Waals surface area contributed by atoms with Gasteiger partial charge in [-0.2, -0.15) is 0 Å². The van der Waals surface area contributed by atoms with Crippen molar-refractivity contribution >= 4 is 11.8 Å². The predicted molar refractivity (Wildman–Crippen MR) is 70.0 cm³/mol. The maximum atomic E-state index is 11.9. The summed E-state index contributed by atoms with van der Waals surface area (Å²) in [5.41, 5.74) is 0. The van der Waals surface area contributed by atoms with Gasteiger partial charge in [-0.05, 0) is 25.7 Å². The summed E-state index contributed by atoms with van der Waals surface area (Å²) >= 11 is 0. The Morgan fingerprint density at radius 1 is 1.11 bits per heavy atom. The average Bonchev–Trinajstić information content (AvgIpc) is 3.19. The van der Waals surface area contributed by atoms with Crippen molar-refractivity contribution in [3.8, 4) is 0 Å². The van der Waals surface area contributed by atoms with Gasteiger partial charge in [0.05, 0.1) is 0 Å². The van der Waals surface area contributed by atoms with Crippen molar-refractivity contribution in [3.63, 3.8) is 0 Å². The number of carbonyl (C=O) groups is 2. The van der Waals surface area contributed by atoms with Crippen LogP contribution in [0.2, 0.25) is 0 Å². The molecule has 2 aliphatic carbocycles. The van der Waals surface area contributed by atoms with Crippen molar-refractivity contribution in [1.29, 1.82) is 0 Å². The van der Waals surface area contributed by atoms with E-state index in [0.29, 0.717) is 19.1 Å². The fraction of sp³-hybridized carbons (Fsp3) is 0.857. The normalized spacial score (nSPS) is 20.5. The summed E-state index contributed by atoms with van der Waals surface area (Å²) in [6.07, 6.45) is 7.94. The van der Waals surface area contributed by atoms with Gasteiger partial charge in [0.2, 0.25) is 11.8 Å². The van der Waals surface area contributed by atoms with E-state index >= 15 is 0 Å². The van der Waals surface area contributed by atoms with E-state index in [2.05, 4.69) is 5.32 Å². The van der Waals surface area contributed by atoms with E-state index in [1.54, 1.807) is 6.92 Å². The summed E-state index contributed by atoms with van der Waals surface area (Å²) in [7, 11) is 0. The molecule has 0 spiro atoms. The second-order valence-corrected chi connectivity index (χ2v) is 5.57. The molecule has 0 bridgehead atoms. The molecule has 0 aromatic rings. The average molecular weight is 252 g/mol. The van der Waals surface area contributed by atoms with Crippen LogP contribution >= 0.6 is 0 Å². The predicted octanol–water partition coefficient (Wildman–Crippen LogP) is 1.69. The first-order valence-electron chi connectivity index (χ1n) is 7.23. The van der Waals surface area contributed by atoms with E-state index in [9.17, 15) is 9.59 Å². The Balaban J connectivity index is 1.67. The van der Waals surface area contributed by atoms with Crippen LogP contribution in [0.4, 0.5) is 0 Å². The lowest BCUT2D eigenvalue weighted by Crippen LogP contribution is -2.40. The molecule has 2 amide bonds. The Labute approximate surface area is 109 Å². The molecular weight excluding hydrogens is 228 g/mol. The van der Waals surface area contributed by atoms with Gasteiger partial charge in [0.1, 0.15) is 0 Å². The SMILES string of the molecule is CC(=O)N(CCNC(=O)C1CCCCC1)C1CC1. The molecular formula is C14H24N2O2. The Hall–Kier alpha value is -1.06. The van der Waals surface area contributed by atoms with Crippen LogP contribution in [0.25, 0.3) is 0 Å². The van der Waals surface area contributed by atoms with Gasteiger partial charge in [-0.1, -0.05) is 19.3 Å². The Morgan fingerprint density at radius 3 is 2.33 bits per heavy atom. The van der Waals surface area contributed by atoms with Crippen LogP contribution < -0.4 is 5.32 Å². The van der Waals surface area contributed by atoms with E-state index in [0.717, 1.165) is 25.7 Å². The van der Waals surface area contributed by atoms with Gasteiger partial charge in [-0.15, -0.1) is 0 Å². The van der Waals surface area contributed by atoms with E-state index in [1.165, 1.54) is 19.3 Å². The van der Waals surface area contributed by atoms with Gasteiger partial charge >= 0.3 is 0 Å². The van der Waals surface area contributed by atoms with E-state index in [-0.39, 0.29) is 17.7 Å². The summed E-state index contributed by atoms with van der Waals surface area (Å²) < 4.78 is 0. The molecule has 0 unspecified atom stereocenters. The lowest BCUT2D eigenvalue weighted by atomic mass is 9.89. The second kappa shape index (κ2) is 6.21. The summed E-state index contributed by atoms with van der Waals surface area (Å²) in [4.78, 5) is 25.2. The van der Waals surface area contributed by atoms with E-state index in [4.69, 9.17) is 0 Å². The highest BCUT2D eigenvalue weighted by Crippen LogP contribution is 2.26. The molecule has 2 rings (SSSR count). The molecule has 0 radical (unpaired) electrons. The molecule has 102 valence electrons. The Kier molecular flexibility index (Phi) is 4.61. The number of nitrogens with one attached hydrogen (secondary N) is 1. The standard InChI is InChI=1S/C14H24N2O2/c1-11(17)16(13-7-8-13)10-9-15-14(18)12-5-3-2-4-6-12/h12-13H,2-10H2,1H3,(H,15,18). The van der Waals surface area contributed by atoms with E-state index in [1.807, 2.05) is 4.90 Å². The lowest BCUT2D eigenvalue weighted by molar-refractivity contribution is -0.130. The molecule has 1 N–H and O–H groups in total. The zero-order valence-electron chi connectivity index (χ0n) is 11.3. The molecule has 4 heteroatoms. The van der Waals surface area contributed by atoms with Gasteiger partial charge in [0.15, 0.2) is 0 Å². The number of nitrogens with zero attached hydrogens (tertiary/aromatic N) is 1. The molecule has 0 aliphatic heterocycles. The second-order valence-electron chi connectivity index (χ2n) is 5.57. The largest absolute Gasteiger partial charge is 0.354 e. The smallest absolute Gasteiger partial charge is 0.223 e. The molecule has 0 aromatic heterocycles. The number of rotatable bonds is 5. The van der Waals surface area contributed by atoms with Crippen LogP contribution in [-0.2, 0) is 9.59 Å². The minimum atomic E-state index is 0.129. The van der Waals surface area contributed by atoms with Crippen molar-refractivity contribution < 1.29 is 9.59 Å². The number of hydrogen-bond acceptors (Lipinski definition) is 2. The number of carbonyl (C=O) groups excluding carboxylic acids is 2. The third-order valence-corrected chi connectivity index (χ3v) is 4.02. The van der Waals surface area contributed by atoms with E-state index < -0.39 is 0 Å². The van der Waals surface area contributed by atoms with Crippen LogP contribution in [0, 0.1) is 5.92 Å². The highest BCUT2D eigenvalue weighted by atomic mass is 16.2. The molecule has 2 saturated carbocycles. The number of amides is 2. The topological polar surface area (TPSA) is 49.4 Å². The number of hydrogen-bond donors (Lipinski definition) is 1. The van der Waals surface area contributed by atoms with Crippen molar-refractivity contribution in [1.82, 2.24) is 10.2 Å². The van der Waals surface area contributed by atoms with Crippen LogP contribution in [0.3, 0.4) is 0 Å². The van der Waals surface area contributed by atoms with Crippen LogP contribution in [0.5, 0.6) is 0 Å². The molecule has 0 heterocycles. The Bertz CT molecular complexity index is 307. The van der Waals surface area contributed by atoms with Gasteiger partial charge in [0.25, 0.3) is 0 Å². The molecule has 2 aliphatic rings. The van der Waals surface area contributed by atoms with Crippen LogP contribution in [-0.4, -0.2) is 35.8 Å². The highest BCUT2D eigenvalue weighted by Gasteiger charge is 2.30. The fourth-order valence-electron chi connectivity index (χ4n) is 2.79. The lowest BCUT2D eigenvalue weighted by Gasteiger charge is -2.23. The van der Waals surface area contributed by atoms with Crippen LogP contribution in [0.1, 0.15) is 51.9 Å². The maximum Gasteiger partial charge on any atom is 0.223 e. The van der Waals surface area contributed by atoms with Gasteiger partial charge in [0, 0.05) is 32.0 Å². The monoisotopic (exact) mass is 252 g/mol. The third-order valence-electron chi connectivity index (χ3n) is 4.02. The minimum Gasteiger partial charge on any atom is -0.354 e. The molecule has 4 nitrogen and oxygen atoms in total.